The van der Waals surface area contributed by atoms with Crippen LogP contribution in [-0.4, -0.2) is 29.8 Å². The summed E-state index contributed by atoms with van der Waals surface area (Å²) in [6.45, 7) is -0.230. The Kier molecular flexibility index (Phi) is 4.61. The van der Waals surface area contributed by atoms with Crippen LogP contribution >= 0.6 is 23.2 Å². The Morgan fingerprint density at radius 3 is 2.67 bits per heavy atom. The van der Waals surface area contributed by atoms with Gasteiger partial charge in [-0.25, -0.2) is 24.0 Å². The van der Waals surface area contributed by atoms with Crippen LogP contribution in [0.4, 0.5) is 16.0 Å². The van der Waals surface area contributed by atoms with E-state index in [2.05, 4.69) is 25.4 Å². The third-order valence-corrected chi connectivity index (χ3v) is 4.41. The lowest BCUT2D eigenvalue weighted by molar-refractivity contribution is 0.276. The molecule has 0 radical (unpaired) electrons. The largest absolute Gasteiger partial charge is 0.390 e. The predicted molar refractivity (Wildman–Crippen MR) is 100 cm³/mol. The number of aliphatic hydroxyl groups excluding tert-OH is 1. The number of rotatable bonds is 4. The van der Waals surface area contributed by atoms with Crippen molar-refractivity contribution < 1.29 is 9.50 Å². The van der Waals surface area contributed by atoms with Crippen LogP contribution in [0.1, 0.15) is 5.69 Å². The van der Waals surface area contributed by atoms with Gasteiger partial charge in [0, 0.05) is 12.3 Å². The van der Waals surface area contributed by atoms with Gasteiger partial charge in [0.05, 0.1) is 33.9 Å². The monoisotopic (exact) mass is 404 g/mol. The number of fused-ring (bicyclic) bond motifs is 1. The Balaban J connectivity index is 1.83. The van der Waals surface area contributed by atoms with Crippen molar-refractivity contribution in [3.05, 3.63) is 64.5 Å². The van der Waals surface area contributed by atoms with Gasteiger partial charge < -0.3 is 10.4 Å². The van der Waals surface area contributed by atoms with Crippen LogP contribution in [0.3, 0.4) is 0 Å². The minimum absolute atomic E-state index is 0.0972. The molecule has 0 aliphatic heterocycles. The Bertz CT molecular complexity index is 1130. The van der Waals surface area contributed by atoms with Gasteiger partial charge in [-0.1, -0.05) is 29.3 Å². The van der Waals surface area contributed by atoms with Gasteiger partial charge in [-0.3, -0.25) is 0 Å². The van der Waals surface area contributed by atoms with E-state index in [0.29, 0.717) is 38.4 Å². The number of para-hydroxylation sites is 1. The quantitative estimate of drug-likeness (QED) is 0.536. The van der Waals surface area contributed by atoms with E-state index >= 15 is 0 Å². The molecule has 136 valence electrons. The first-order valence-corrected chi connectivity index (χ1v) is 8.49. The Labute approximate surface area is 162 Å². The van der Waals surface area contributed by atoms with Crippen LogP contribution < -0.4 is 5.32 Å². The molecule has 0 unspecified atom stereocenters. The predicted octanol–water partition coefficient (Wildman–Crippen LogP) is 3.89. The molecule has 10 heteroatoms. The van der Waals surface area contributed by atoms with Gasteiger partial charge in [-0.05, 0) is 12.1 Å². The number of aromatic nitrogens is 5. The molecule has 0 aliphatic carbocycles. The summed E-state index contributed by atoms with van der Waals surface area (Å²) in [7, 11) is 0. The maximum absolute atomic E-state index is 14.3. The van der Waals surface area contributed by atoms with Crippen molar-refractivity contribution in [2.75, 3.05) is 5.32 Å². The molecule has 27 heavy (non-hydrogen) atoms. The van der Waals surface area contributed by atoms with E-state index in [4.69, 9.17) is 23.2 Å². The third-order valence-electron chi connectivity index (χ3n) is 3.80. The lowest BCUT2D eigenvalue weighted by Gasteiger charge is -2.06. The van der Waals surface area contributed by atoms with Gasteiger partial charge in [0.15, 0.2) is 5.82 Å². The highest BCUT2D eigenvalue weighted by Crippen LogP contribution is 2.31. The van der Waals surface area contributed by atoms with Crippen molar-refractivity contribution in [2.24, 2.45) is 0 Å². The van der Waals surface area contributed by atoms with Crippen LogP contribution in [0.25, 0.3) is 16.6 Å². The molecule has 4 rings (SSSR count). The van der Waals surface area contributed by atoms with E-state index < -0.39 is 5.82 Å². The molecule has 1 aromatic carbocycles. The van der Waals surface area contributed by atoms with E-state index in [1.165, 1.54) is 11.0 Å². The van der Waals surface area contributed by atoms with Crippen LogP contribution in [0, 0.1) is 5.82 Å². The molecule has 3 aromatic heterocycles. The van der Waals surface area contributed by atoms with Crippen LogP contribution in [0.2, 0.25) is 10.0 Å². The number of halogens is 3. The molecular formula is C17H11Cl2FN6O. The summed E-state index contributed by atoms with van der Waals surface area (Å²) < 4.78 is 15.7. The molecular weight excluding hydrogens is 394 g/mol. The highest BCUT2D eigenvalue weighted by atomic mass is 35.5. The lowest BCUT2D eigenvalue weighted by atomic mass is 10.3. The minimum atomic E-state index is -0.587. The summed E-state index contributed by atoms with van der Waals surface area (Å²) in [6.07, 6.45) is 3.95. The maximum atomic E-state index is 14.3. The van der Waals surface area contributed by atoms with E-state index in [0.717, 1.165) is 6.20 Å². The fourth-order valence-electron chi connectivity index (χ4n) is 2.57. The number of aliphatic hydroxyl groups is 1. The average molecular weight is 405 g/mol. The number of benzene rings is 1. The smallest absolute Gasteiger partial charge is 0.169 e. The van der Waals surface area contributed by atoms with E-state index in [-0.39, 0.29) is 12.1 Å². The third kappa shape index (κ3) is 3.30. The van der Waals surface area contributed by atoms with Crippen LogP contribution in [0.5, 0.6) is 0 Å². The molecule has 0 saturated carbocycles. The summed E-state index contributed by atoms with van der Waals surface area (Å²) in [5.74, 6) is 0.151. The first kappa shape index (κ1) is 17.6. The number of nitrogens with one attached hydrogen (secondary N) is 1. The van der Waals surface area contributed by atoms with Gasteiger partial charge >= 0.3 is 0 Å². The van der Waals surface area contributed by atoms with E-state index in [1.807, 2.05) is 0 Å². The second-order valence-corrected chi connectivity index (χ2v) is 6.35. The van der Waals surface area contributed by atoms with Gasteiger partial charge in [0.1, 0.15) is 29.2 Å². The summed E-state index contributed by atoms with van der Waals surface area (Å²) in [6, 6.07) is 6.60. The van der Waals surface area contributed by atoms with Crippen molar-refractivity contribution in [3.63, 3.8) is 0 Å². The fourth-order valence-corrected chi connectivity index (χ4v) is 3.14. The van der Waals surface area contributed by atoms with Gasteiger partial charge in [0.2, 0.25) is 0 Å². The molecule has 0 bridgehead atoms. The first-order chi connectivity index (χ1) is 13.1. The van der Waals surface area contributed by atoms with Crippen molar-refractivity contribution in [3.8, 4) is 5.69 Å². The Morgan fingerprint density at radius 1 is 1.15 bits per heavy atom. The fraction of sp³-hybridized carbons (Fsp3) is 0.0588. The summed E-state index contributed by atoms with van der Waals surface area (Å²) in [5, 5.41) is 17.6. The molecule has 2 N–H and O–H groups in total. The molecule has 4 aromatic rings. The summed E-state index contributed by atoms with van der Waals surface area (Å²) in [5.41, 5.74) is 0.969. The maximum Gasteiger partial charge on any atom is 0.169 e. The van der Waals surface area contributed by atoms with Crippen molar-refractivity contribution in [2.45, 2.75) is 6.61 Å². The van der Waals surface area contributed by atoms with Gasteiger partial charge in [-0.15, -0.1) is 0 Å². The molecule has 0 atom stereocenters. The molecule has 0 aliphatic rings. The topological polar surface area (TPSA) is 88.8 Å². The molecule has 3 heterocycles. The number of hydrogen-bond acceptors (Lipinski definition) is 6. The second kappa shape index (κ2) is 7.07. The standard InChI is InChI=1S/C17H11Cl2FN6O/c18-11-2-1-3-12(19)16(11)26-6-10-15(25-26)13(20)5-21-17(10)24-14-4-9(7-27)22-8-23-14/h1-6,8,27H,7H2,(H,21,22,23,24). The zero-order valence-corrected chi connectivity index (χ0v) is 15.1. The SMILES string of the molecule is OCc1cc(Nc2ncc(F)c3nn(-c4c(Cl)cccc4Cl)cc23)ncn1. The highest BCUT2D eigenvalue weighted by Gasteiger charge is 2.16. The lowest BCUT2D eigenvalue weighted by Crippen LogP contribution is -2.00. The highest BCUT2D eigenvalue weighted by molar-refractivity contribution is 6.37. The number of hydrogen-bond donors (Lipinski definition) is 2. The minimum Gasteiger partial charge on any atom is -0.390 e. The first-order valence-electron chi connectivity index (χ1n) is 7.74. The van der Waals surface area contributed by atoms with Gasteiger partial charge in [-0.2, -0.15) is 5.10 Å². The van der Waals surface area contributed by atoms with Crippen LogP contribution in [-0.2, 0) is 6.61 Å². The Morgan fingerprint density at radius 2 is 1.93 bits per heavy atom. The molecule has 0 fully saturated rings. The Hall–Kier alpha value is -2.81. The molecule has 0 spiro atoms. The molecule has 0 amide bonds. The van der Waals surface area contributed by atoms with Crippen molar-refractivity contribution in [1.82, 2.24) is 24.7 Å². The van der Waals surface area contributed by atoms with Crippen molar-refractivity contribution >= 4 is 45.7 Å². The number of anilines is 2. The van der Waals surface area contributed by atoms with Crippen molar-refractivity contribution in [1.29, 1.82) is 0 Å². The van der Waals surface area contributed by atoms with E-state index in [9.17, 15) is 9.50 Å². The van der Waals surface area contributed by atoms with Gasteiger partial charge in [0.25, 0.3) is 0 Å². The zero-order chi connectivity index (χ0) is 19.0. The summed E-state index contributed by atoms with van der Waals surface area (Å²) in [4.78, 5) is 12.1. The molecule has 7 nitrogen and oxygen atoms in total. The van der Waals surface area contributed by atoms with Crippen LogP contribution in [0.15, 0.2) is 43.0 Å². The van der Waals surface area contributed by atoms with E-state index in [1.54, 1.807) is 30.5 Å². The summed E-state index contributed by atoms with van der Waals surface area (Å²) >= 11 is 12.4. The molecule has 0 saturated heterocycles. The normalized spacial score (nSPS) is 11.1. The average Bonchev–Trinajstić information content (AvgIpc) is 3.10. The zero-order valence-electron chi connectivity index (χ0n) is 13.6. The number of nitrogens with zero attached hydrogens (tertiary/aromatic N) is 5. The second-order valence-electron chi connectivity index (χ2n) is 5.54. The number of pyridine rings is 1.